The number of nitrogens with one attached hydrogen (secondary N) is 1. The lowest BCUT2D eigenvalue weighted by molar-refractivity contribution is -0.0498. The van der Waals surface area contributed by atoms with E-state index in [0.717, 1.165) is 24.2 Å². The normalized spacial score (nSPS) is 11.0. The first-order valence-electron chi connectivity index (χ1n) is 6.37. The second kappa shape index (κ2) is 7.00. The van der Waals surface area contributed by atoms with Crippen molar-refractivity contribution >= 4 is 0 Å². The van der Waals surface area contributed by atoms with Crippen molar-refractivity contribution in [1.29, 1.82) is 0 Å². The number of alkyl halides is 2. The summed E-state index contributed by atoms with van der Waals surface area (Å²) in [5.41, 5.74) is 2.16. The molecule has 0 radical (unpaired) electrons. The van der Waals surface area contributed by atoms with Crippen LogP contribution in [0.2, 0.25) is 0 Å². The number of hydrogen-bond donors (Lipinski definition) is 1. The van der Waals surface area contributed by atoms with E-state index < -0.39 is 6.61 Å². The smallest absolute Gasteiger partial charge is 0.387 e. The van der Waals surface area contributed by atoms with Gasteiger partial charge in [0.2, 0.25) is 0 Å². The van der Waals surface area contributed by atoms with Crippen molar-refractivity contribution in [3.8, 4) is 5.75 Å². The van der Waals surface area contributed by atoms with E-state index in [4.69, 9.17) is 0 Å². The van der Waals surface area contributed by atoms with Gasteiger partial charge in [0.15, 0.2) is 0 Å². The Morgan fingerprint density at radius 3 is 2.65 bits per heavy atom. The molecular weight excluding hydrogens is 264 g/mol. The topological polar surface area (TPSA) is 39.1 Å². The first kappa shape index (κ1) is 14.5. The SMILES string of the molecule is Cc1cnn(CCNCc2ccc(OC(F)F)cc2)c1. The summed E-state index contributed by atoms with van der Waals surface area (Å²) in [5, 5.41) is 7.46. The predicted octanol–water partition coefficient (Wildman–Crippen LogP) is 2.58. The molecule has 0 atom stereocenters. The molecule has 0 amide bonds. The van der Waals surface area contributed by atoms with E-state index >= 15 is 0 Å². The van der Waals surface area contributed by atoms with E-state index in [-0.39, 0.29) is 5.75 Å². The number of benzene rings is 1. The molecule has 2 aromatic rings. The Morgan fingerprint density at radius 2 is 2.05 bits per heavy atom. The average molecular weight is 281 g/mol. The molecule has 0 saturated heterocycles. The summed E-state index contributed by atoms with van der Waals surface area (Å²) in [4.78, 5) is 0. The average Bonchev–Trinajstić information content (AvgIpc) is 2.82. The van der Waals surface area contributed by atoms with Crippen molar-refractivity contribution in [1.82, 2.24) is 15.1 Å². The highest BCUT2D eigenvalue weighted by molar-refractivity contribution is 5.27. The van der Waals surface area contributed by atoms with Crippen LogP contribution in [-0.2, 0) is 13.1 Å². The second-order valence-corrected chi connectivity index (χ2v) is 4.48. The molecule has 0 aliphatic carbocycles. The molecule has 1 heterocycles. The first-order chi connectivity index (χ1) is 9.63. The van der Waals surface area contributed by atoms with Crippen molar-refractivity contribution in [2.45, 2.75) is 26.6 Å². The Kier molecular flexibility index (Phi) is 5.06. The summed E-state index contributed by atoms with van der Waals surface area (Å²) in [5.74, 6) is 0.177. The molecule has 4 nitrogen and oxygen atoms in total. The molecule has 0 spiro atoms. The van der Waals surface area contributed by atoms with Crippen LogP contribution in [0, 0.1) is 6.92 Å². The van der Waals surface area contributed by atoms with Gasteiger partial charge in [0.25, 0.3) is 0 Å². The van der Waals surface area contributed by atoms with Gasteiger partial charge in [-0.2, -0.15) is 13.9 Å². The number of aromatic nitrogens is 2. The highest BCUT2D eigenvalue weighted by Crippen LogP contribution is 2.14. The molecule has 1 N–H and O–H groups in total. The molecule has 0 fully saturated rings. The number of rotatable bonds is 7. The van der Waals surface area contributed by atoms with Gasteiger partial charge in [-0.05, 0) is 30.2 Å². The summed E-state index contributed by atoms with van der Waals surface area (Å²) in [6.07, 6.45) is 3.81. The molecule has 2 rings (SSSR count). The zero-order chi connectivity index (χ0) is 14.4. The van der Waals surface area contributed by atoms with Crippen LogP contribution in [0.3, 0.4) is 0 Å². The van der Waals surface area contributed by atoms with Crippen LogP contribution in [-0.4, -0.2) is 22.9 Å². The third-order valence-corrected chi connectivity index (χ3v) is 2.76. The highest BCUT2D eigenvalue weighted by Gasteiger charge is 2.03. The van der Waals surface area contributed by atoms with E-state index in [1.807, 2.05) is 24.0 Å². The number of hydrogen-bond acceptors (Lipinski definition) is 3. The van der Waals surface area contributed by atoms with Crippen LogP contribution >= 0.6 is 0 Å². The number of halogens is 2. The molecule has 1 aromatic carbocycles. The Hall–Kier alpha value is -1.95. The van der Waals surface area contributed by atoms with Crippen LogP contribution < -0.4 is 10.1 Å². The van der Waals surface area contributed by atoms with E-state index in [1.54, 1.807) is 24.3 Å². The summed E-state index contributed by atoms with van der Waals surface area (Å²) in [6.45, 7) is 1.47. The maximum absolute atomic E-state index is 12.0. The van der Waals surface area contributed by atoms with E-state index in [9.17, 15) is 8.78 Å². The maximum Gasteiger partial charge on any atom is 0.387 e. The molecule has 0 bridgehead atoms. The summed E-state index contributed by atoms with van der Waals surface area (Å²) in [6, 6.07) is 6.62. The molecule has 0 aliphatic rings. The number of ether oxygens (including phenoxy) is 1. The fourth-order valence-electron chi connectivity index (χ4n) is 1.80. The third kappa shape index (κ3) is 4.62. The second-order valence-electron chi connectivity index (χ2n) is 4.48. The molecule has 0 saturated carbocycles. The van der Waals surface area contributed by atoms with Crippen molar-refractivity contribution < 1.29 is 13.5 Å². The minimum atomic E-state index is -2.78. The van der Waals surface area contributed by atoms with Gasteiger partial charge in [-0.1, -0.05) is 12.1 Å². The summed E-state index contributed by atoms with van der Waals surface area (Å²) in [7, 11) is 0. The molecule has 0 unspecified atom stereocenters. The molecular formula is C14H17F2N3O. The van der Waals surface area contributed by atoms with Gasteiger partial charge in [0, 0.05) is 19.3 Å². The van der Waals surface area contributed by atoms with Crippen LogP contribution in [0.4, 0.5) is 8.78 Å². The monoisotopic (exact) mass is 281 g/mol. The zero-order valence-corrected chi connectivity index (χ0v) is 11.2. The molecule has 6 heteroatoms. The van der Waals surface area contributed by atoms with Gasteiger partial charge in [-0.3, -0.25) is 4.68 Å². The maximum atomic E-state index is 12.0. The Balaban J connectivity index is 1.71. The molecule has 20 heavy (non-hydrogen) atoms. The lowest BCUT2D eigenvalue weighted by atomic mass is 10.2. The number of nitrogens with zero attached hydrogens (tertiary/aromatic N) is 2. The predicted molar refractivity (Wildman–Crippen MR) is 71.7 cm³/mol. The van der Waals surface area contributed by atoms with Gasteiger partial charge in [-0.15, -0.1) is 0 Å². The lowest BCUT2D eigenvalue weighted by Gasteiger charge is -2.07. The standard InChI is InChI=1S/C14H17F2N3O/c1-11-8-18-19(10-11)7-6-17-9-12-2-4-13(5-3-12)20-14(15)16/h2-5,8,10,14,17H,6-7,9H2,1H3. The van der Waals surface area contributed by atoms with Crippen LogP contribution in [0.15, 0.2) is 36.7 Å². The third-order valence-electron chi connectivity index (χ3n) is 2.76. The fraction of sp³-hybridized carbons (Fsp3) is 0.357. The van der Waals surface area contributed by atoms with Gasteiger partial charge in [0.1, 0.15) is 5.75 Å². The van der Waals surface area contributed by atoms with E-state index in [0.29, 0.717) is 6.54 Å². The van der Waals surface area contributed by atoms with Crippen LogP contribution in [0.5, 0.6) is 5.75 Å². The lowest BCUT2D eigenvalue weighted by Crippen LogP contribution is -2.19. The Morgan fingerprint density at radius 1 is 1.30 bits per heavy atom. The van der Waals surface area contributed by atoms with Crippen LogP contribution in [0.1, 0.15) is 11.1 Å². The van der Waals surface area contributed by atoms with Crippen molar-refractivity contribution in [2.75, 3.05) is 6.54 Å². The van der Waals surface area contributed by atoms with Gasteiger partial charge in [0.05, 0.1) is 12.7 Å². The van der Waals surface area contributed by atoms with Gasteiger partial charge < -0.3 is 10.1 Å². The van der Waals surface area contributed by atoms with Gasteiger partial charge in [-0.25, -0.2) is 0 Å². The quantitative estimate of drug-likeness (QED) is 0.793. The van der Waals surface area contributed by atoms with Crippen molar-refractivity contribution in [3.05, 3.63) is 47.8 Å². The number of aryl methyl sites for hydroxylation is 1. The minimum Gasteiger partial charge on any atom is -0.435 e. The molecule has 1 aromatic heterocycles. The van der Waals surface area contributed by atoms with Crippen LogP contribution in [0.25, 0.3) is 0 Å². The Labute approximate surface area is 116 Å². The fourth-order valence-corrected chi connectivity index (χ4v) is 1.80. The summed E-state index contributed by atoms with van der Waals surface area (Å²) < 4.78 is 30.1. The van der Waals surface area contributed by atoms with Crippen molar-refractivity contribution in [2.24, 2.45) is 0 Å². The highest BCUT2D eigenvalue weighted by atomic mass is 19.3. The molecule has 0 aliphatic heterocycles. The van der Waals surface area contributed by atoms with Gasteiger partial charge >= 0.3 is 6.61 Å². The van der Waals surface area contributed by atoms with Crippen molar-refractivity contribution in [3.63, 3.8) is 0 Å². The Bertz CT molecular complexity index is 525. The summed E-state index contributed by atoms with van der Waals surface area (Å²) >= 11 is 0. The van der Waals surface area contributed by atoms with E-state index in [2.05, 4.69) is 15.2 Å². The first-order valence-corrected chi connectivity index (χ1v) is 6.37. The zero-order valence-electron chi connectivity index (χ0n) is 11.2. The van der Waals surface area contributed by atoms with E-state index in [1.165, 1.54) is 0 Å². The minimum absolute atomic E-state index is 0.177. The largest absolute Gasteiger partial charge is 0.435 e. The molecule has 108 valence electrons.